The van der Waals surface area contributed by atoms with E-state index in [9.17, 15) is 14.7 Å². The zero-order valence-electron chi connectivity index (χ0n) is 12.7. The Morgan fingerprint density at radius 3 is 2.67 bits per heavy atom. The van der Waals surface area contributed by atoms with Gasteiger partial charge < -0.3 is 15.5 Å². The number of aromatic nitrogens is 1. The molecule has 0 aliphatic rings. The maximum absolute atomic E-state index is 11.4. The van der Waals surface area contributed by atoms with Gasteiger partial charge in [0, 0.05) is 6.21 Å². The van der Waals surface area contributed by atoms with Crippen molar-refractivity contribution >= 4 is 41.6 Å². The third-order valence-corrected chi connectivity index (χ3v) is 4.28. The second kappa shape index (κ2) is 7.84. The fourth-order valence-electron chi connectivity index (χ4n) is 1.83. The molecule has 0 atom stereocenters. The molecule has 0 saturated heterocycles. The van der Waals surface area contributed by atoms with Gasteiger partial charge in [0.15, 0.2) is 3.95 Å². The largest absolute Gasteiger partial charge is 0.493 e. The Balaban J connectivity index is 2.13. The van der Waals surface area contributed by atoms with Crippen LogP contribution >= 0.6 is 23.6 Å². The average molecular weight is 365 g/mol. The summed E-state index contributed by atoms with van der Waals surface area (Å²) in [4.78, 5) is 26.0. The van der Waals surface area contributed by atoms with Crippen molar-refractivity contribution in [3.63, 3.8) is 0 Å². The molecule has 0 saturated carbocycles. The van der Waals surface area contributed by atoms with Gasteiger partial charge in [-0.05, 0) is 31.3 Å². The van der Waals surface area contributed by atoms with Gasteiger partial charge in [-0.3, -0.25) is 19.1 Å². The Hall–Kier alpha value is -2.52. The lowest BCUT2D eigenvalue weighted by Crippen LogP contribution is -2.30. The molecular weight excluding hydrogens is 350 g/mol. The minimum atomic E-state index is -1.13. The maximum atomic E-state index is 11.4. The molecule has 0 aliphatic carbocycles. The number of rotatable bonds is 6. The van der Waals surface area contributed by atoms with Crippen LogP contribution in [-0.2, 0) is 9.59 Å². The van der Waals surface area contributed by atoms with Crippen LogP contribution in [0.15, 0.2) is 29.3 Å². The van der Waals surface area contributed by atoms with Crippen LogP contribution in [0.25, 0.3) is 5.69 Å². The molecule has 1 heterocycles. The van der Waals surface area contributed by atoms with Gasteiger partial charge in [-0.1, -0.05) is 29.0 Å². The van der Waals surface area contributed by atoms with E-state index in [0.29, 0.717) is 8.83 Å². The lowest BCUT2D eigenvalue weighted by molar-refractivity contribution is -0.137. The molecule has 2 aromatic rings. The Kier molecular flexibility index (Phi) is 5.83. The predicted molar refractivity (Wildman–Crippen MR) is 94.0 cm³/mol. The normalized spacial score (nSPS) is 10.9. The number of hydrogen-bond donors (Lipinski definition) is 3. The third kappa shape index (κ3) is 4.49. The monoisotopic (exact) mass is 365 g/mol. The smallest absolute Gasteiger partial charge is 0.322 e. The van der Waals surface area contributed by atoms with Crippen molar-refractivity contribution in [2.24, 2.45) is 4.99 Å². The number of nitrogens with zero attached hydrogens (tertiary/aromatic N) is 2. The van der Waals surface area contributed by atoms with Crippen molar-refractivity contribution in [1.82, 2.24) is 9.88 Å². The molecule has 0 radical (unpaired) electrons. The van der Waals surface area contributed by atoms with Gasteiger partial charge in [0.2, 0.25) is 11.8 Å². The van der Waals surface area contributed by atoms with Gasteiger partial charge in [0.25, 0.3) is 0 Å². The molecule has 0 bridgehead atoms. The summed E-state index contributed by atoms with van der Waals surface area (Å²) in [6.07, 6.45) is 1.35. The van der Waals surface area contributed by atoms with Crippen LogP contribution in [0.1, 0.15) is 10.4 Å². The lowest BCUT2D eigenvalue weighted by Gasteiger charge is -2.04. The third-order valence-electron chi connectivity index (χ3n) is 2.98. The zero-order chi connectivity index (χ0) is 17.7. The second-order valence-electron chi connectivity index (χ2n) is 4.87. The van der Waals surface area contributed by atoms with Gasteiger partial charge in [-0.2, -0.15) is 0 Å². The molecule has 24 heavy (non-hydrogen) atoms. The van der Waals surface area contributed by atoms with Crippen LogP contribution in [0, 0.1) is 10.9 Å². The Bertz CT molecular complexity index is 837. The summed E-state index contributed by atoms with van der Waals surface area (Å²) >= 11 is 6.43. The number of carboxylic acids is 1. The first-order chi connectivity index (χ1) is 11.4. The summed E-state index contributed by atoms with van der Waals surface area (Å²) in [6.45, 7) is 1.27. The number of thiazole rings is 1. The highest BCUT2D eigenvalue weighted by atomic mass is 32.1. The van der Waals surface area contributed by atoms with E-state index in [4.69, 9.17) is 17.3 Å². The minimum absolute atomic E-state index is 0.0523. The average Bonchev–Trinajstić information content (AvgIpc) is 2.81. The lowest BCUT2D eigenvalue weighted by atomic mass is 10.2. The molecular formula is C15H15N3O4S2. The summed E-state index contributed by atoms with van der Waals surface area (Å²) in [5.74, 6) is -1.70. The van der Waals surface area contributed by atoms with Gasteiger partial charge in [-0.15, -0.1) is 0 Å². The summed E-state index contributed by atoms with van der Waals surface area (Å²) in [5.41, 5.74) is 1.83. The summed E-state index contributed by atoms with van der Waals surface area (Å²) in [6, 6.07) is 7.51. The molecule has 3 N–H and O–H groups in total. The maximum Gasteiger partial charge on any atom is 0.322 e. The number of amides is 1. The first-order valence-electron chi connectivity index (χ1n) is 6.88. The van der Waals surface area contributed by atoms with E-state index in [1.807, 2.05) is 31.2 Å². The number of carbonyl (C=O) groups excluding carboxylic acids is 1. The molecule has 2 rings (SSSR count). The Labute approximate surface area is 146 Å². The molecule has 1 aromatic heterocycles. The van der Waals surface area contributed by atoms with Gasteiger partial charge in [-0.25, -0.2) is 0 Å². The van der Waals surface area contributed by atoms with Crippen molar-refractivity contribution in [2.45, 2.75) is 6.92 Å². The molecule has 0 unspecified atom stereocenters. The minimum Gasteiger partial charge on any atom is -0.493 e. The van der Waals surface area contributed by atoms with E-state index >= 15 is 0 Å². The van der Waals surface area contributed by atoms with Crippen molar-refractivity contribution in [2.75, 3.05) is 13.1 Å². The van der Waals surface area contributed by atoms with Gasteiger partial charge in [0.1, 0.15) is 18.0 Å². The SMILES string of the molecule is Cc1ccc(-n2c(O)c(C=NCC(=O)NCC(=O)O)sc2=S)cc1. The molecule has 7 nitrogen and oxygen atoms in total. The fourth-order valence-corrected chi connectivity index (χ4v) is 3.07. The molecule has 0 spiro atoms. The topological polar surface area (TPSA) is 104 Å². The zero-order valence-corrected chi connectivity index (χ0v) is 14.4. The molecule has 9 heteroatoms. The van der Waals surface area contributed by atoms with Crippen LogP contribution in [-0.4, -0.2) is 46.0 Å². The molecule has 126 valence electrons. The summed E-state index contributed by atoms with van der Waals surface area (Å²) in [5, 5.41) is 21.0. The first kappa shape index (κ1) is 17.8. The highest BCUT2D eigenvalue weighted by Crippen LogP contribution is 2.28. The number of benzene rings is 1. The summed E-state index contributed by atoms with van der Waals surface area (Å²) in [7, 11) is 0. The van der Waals surface area contributed by atoms with E-state index in [-0.39, 0.29) is 12.4 Å². The highest BCUT2D eigenvalue weighted by molar-refractivity contribution is 7.73. The quantitative estimate of drug-likeness (QED) is 0.536. The number of carbonyl (C=O) groups is 2. The Morgan fingerprint density at radius 1 is 1.38 bits per heavy atom. The molecule has 1 amide bonds. The highest BCUT2D eigenvalue weighted by Gasteiger charge is 2.12. The van der Waals surface area contributed by atoms with Crippen LogP contribution < -0.4 is 5.32 Å². The van der Waals surface area contributed by atoms with E-state index in [2.05, 4.69) is 10.3 Å². The first-order valence-corrected chi connectivity index (χ1v) is 8.11. The predicted octanol–water partition coefficient (Wildman–Crippen LogP) is 1.90. The van der Waals surface area contributed by atoms with Gasteiger partial charge in [0.05, 0.1) is 5.69 Å². The molecule has 0 aliphatic heterocycles. The molecule has 1 aromatic carbocycles. The van der Waals surface area contributed by atoms with Crippen molar-refractivity contribution in [3.05, 3.63) is 38.7 Å². The number of carboxylic acid groups (broad SMARTS) is 1. The number of nitrogens with one attached hydrogen (secondary N) is 1. The number of aliphatic imine (C=N–C) groups is 1. The van der Waals surface area contributed by atoms with E-state index < -0.39 is 18.4 Å². The number of aryl methyl sites for hydroxylation is 1. The van der Waals surface area contributed by atoms with Crippen molar-refractivity contribution in [3.8, 4) is 11.6 Å². The van der Waals surface area contributed by atoms with E-state index in [1.165, 1.54) is 10.8 Å². The number of aromatic hydroxyl groups is 1. The van der Waals surface area contributed by atoms with Crippen LogP contribution in [0.2, 0.25) is 0 Å². The van der Waals surface area contributed by atoms with Crippen LogP contribution in [0.4, 0.5) is 0 Å². The number of hydrogen-bond acceptors (Lipinski definition) is 6. The summed E-state index contributed by atoms with van der Waals surface area (Å²) < 4.78 is 1.97. The van der Waals surface area contributed by atoms with Crippen LogP contribution in [0.3, 0.4) is 0 Å². The molecule has 0 fully saturated rings. The van der Waals surface area contributed by atoms with Crippen molar-refractivity contribution in [1.29, 1.82) is 0 Å². The van der Waals surface area contributed by atoms with Gasteiger partial charge >= 0.3 is 5.97 Å². The van der Waals surface area contributed by atoms with Crippen LogP contribution in [0.5, 0.6) is 5.88 Å². The Morgan fingerprint density at radius 2 is 2.04 bits per heavy atom. The van der Waals surface area contributed by atoms with E-state index in [0.717, 1.165) is 22.6 Å². The fraction of sp³-hybridized carbons (Fsp3) is 0.200. The van der Waals surface area contributed by atoms with E-state index in [1.54, 1.807) is 0 Å². The second-order valence-corrected chi connectivity index (χ2v) is 6.54. The number of aliphatic carboxylic acids is 1. The standard InChI is InChI=1S/C15H15N3O4S2/c1-9-2-4-10(5-3-9)18-14(22)11(24-15(18)23)6-16-7-12(19)17-8-13(20)21/h2-6,22H,7-8H2,1H3,(H,17,19)(H,20,21). The van der Waals surface area contributed by atoms with Crippen molar-refractivity contribution < 1.29 is 19.8 Å².